The molecule has 2 unspecified atom stereocenters. The van der Waals surface area contributed by atoms with Gasteiger partial charge in [0.1, 0.15) is 0 Å². The van der Waals surface area contributed by atoms with Crippen molar-refractivity contribution in [2.45, 2.75) is 24.5 Å². The zero-order chi connectivity index (χ0) is 12.8. The summed E-state index contributed by atoms with van der Waals surface area (Å²) in [5, 5.41) is 9.32. The van der Waals surface area contributed by atoms with Gasteiger partial charge < -0.3 is 9.67 Å². The van der Waals surface area contributed by atoms with Gasteiger partial charge in [-0.25, -0.2) is 4.98 Å². The predicted molar refractivity (Wildman–Crippen MR) is 68.8 cm³/mol. The van der Waals surface area contributed by atoms with Crippen LogP contribution in [0.3, 0.4) is 0 Å². The molecule has 7 heteroatoms. The van der Waals surface area contributed by atoms with Gasteiger partial charge >= 0.3 is 5.97 Å². The monoisotopic (exact) mass is 276 g/mol. The van der Waals surface area contributed by atoms with Crippen LogP contribution in [-0.4, -0.2) is 42.6 Å². The molecule has 0 amide bonds. The third kappa shape index (κ3) is 4.91. The van der Waals surface area contributed by atoms with E-state index in [9.17, 15) is 9.00 Å². The molecule has 0 aliphatic heterocycles. The molecule has 17 heavy (non-hydrogen) atoms. The third-order valence-corrected chi connectivity index (χ3v) is 4.03. The smallest absolute Gasteiger partial charge is 0.313 e. The van der Waals surface area contributed by atoms with Crippen molar-refractivity contribution >= 4 is 28.5 Å². The van der Waals surface area contributed by atoms with Gasteiger partial charge in [0.15, 0.2) is 5.16 Å². The Bertz CT molecular complexity index is 406. The number of carboxylic acid groups (broad SMARTS) is 1. The molecule has 0 aliphatic rings. The number of imidazole rings is 1. The minimum Gasteiger partial charge on any atom is -0.481 e. The minimum atomic E-state index is -0.855. The molecule has 1 N–H and O–H groups in total. The Hall–Kier alpha value is -0.820. The van der Waals surface area contributed by atoms with E-state index >= 15 is 0 Å². The fraction of sp³-hybridized carbons (Fsp3) is 0.600. The quantitative estimate of drug-likeness (QED) is 0.762. The molecule has 0 saturated heterocycles. The normalized spacial score (nSPS) is 14.5. The van der Waals surface area contributed by atoms with Crippen LogP contribution >= 0.6 is 11.8 Å². The van der Waals surface area contributed by atoms with E-state index in [4.69, 9.17) is 5.11 Å². The number of nitrogens with zero attached hydrogens (tertiary/aromatic N) is 2. The molecule has 1 aromatic heterocycles. The van der Waals surface area contributed by atoms with Crippen LogP contribution in [0.2, 0.25) is 0 Å². The summed E-state index contributed by atoms with van der Waals surface area (Å²) >= 11 is 1.20. The first-order valence-electron chi connectivity index (χ1n) is 5.18. The Kier molecular flexibility index (Phi) is 5.70. The topological polar surface area (TPSA) is 72.2 Å². The SMILES string of the molecule is CC(CCS(C)=O)n1ccnc1SCC(=O)O. The molecule has 5 nitrogen and oxygen atoms in total. The lowest BCUT2D eigenvalue weighted by Crippen LogP contribution is -2.10. The zero-order valence-corrected chi connectivity index (χ0v) is 11.5. The molecule has 96 valence electrons. The third-order valence-electron chi connectivity index (χ3n) is 2.26. The van der Waals surface area contributed by atoms with Crippen molar-refractivity contribution in [2.24, 2.45) is 0 Å². The van der Waals surface area contributed by atoms with Crippen LogP contribution in [0, 0.1) is 0 Å². The summed E-state index contributed by atoms with van der Waals surface area (Å²) in [7, 11) is -0.800. The summed E-state index contributed by atoms with van der Waals surface area (Å²) in [6, 6.07) is 0.178. The van der Waals surface area contributed by atoms with Crippen LogP contribution in [0.4, 0.5) is 0 Å². The first kappa shape index (κ1) is 14.2. The van der Waals surface area contributed by atoms with Crippen molar-refractivity contribution in [2.75, 3.05) is 17.8 Å². The maximum absolute atomic E-state index is 11.0. The maximum Gasteiger partial charge on any atom is 0.313 e. The van der Waals surface area contributed by atoms with E-state index in [-0.39, 0.29) is 11.8 Å². The van der Waals surface area contributed by atoms with Gasteiger partial charge in [0, 0.05) is 41.2 Å². The lowest BCUT2D eigenvalue weighted by Gasteiger charge is -2.14. The van der Waals surface area contributed by atoms with Crippen LogP contribution in [0.25, 0.3) is 0 Å². The molecule has 1 heterocycles. The molecule has 1 rings (SSSR count). The second-order valence-electron chi connectivity index (χ2n) is 3.71. The fourth-order valence-electron chi connectivity index (χ4n) is 1.35. The molecule has 0 aromatic carbocycles. The van der Waals surface area contributed by atoms with E-state index in [1.807, 2.05) is 17.7 Å². The Morgan fingerprint density at radius 3 is 3.00 bits per heavy atom. The van der Waals surface area contributed by atoms with Gasteiger partial charge in [-0.15, -0.1) is 0 Å². The van der Waals surface area contributed by atoms with E-state index in [0.29, 0.717) is 10.9 Å². The number of carboxylic acids is 1. The summed E-state index contributed by atoms with van der Waals surface area (Å²) in [5.41, 5.74) is 0. The van der Waals surface area contributed by atoms with Crippen molar-refractivity contribution < 1.29 is 14.1 Å². The number of hydrogen-bond donors (Lipinski definition) is 1. The number of aliphatic carboxylic acids is 1. The number of carbonyl (C=O) groups is 1. The molecular weight excluding hydrogens is 260 g/mol. The van der Waals surface area contributed by atoms with Gasteiger partial charge in [-0.05, 0) is 13.3 Å². The van der Waals surface area contributed by atoms with Gasteiger partial charge in [-0.1, -0.05) is 11.8 Å². The van der Waals surface area contributed by atoms with Gasteiger partial charge in [0.25, 0.3) is 0 Å². The van der Waals surface area contributed by atoms with Crippen LogP contribution < -0.4 is 0 Å². The summed E-state index contributed by atoms with van der Waals surface area (Å²) in [6.45, 7) is 2.01. The van der Waals surface area contributed by atoms with Crippen molar-refractivity contribution in [1.29, 1.82) is 0 Å². The zero-order valence-electron chi connectivity index (χ0n) is 9.83. The number of rotatable bonds is 7. The molecule has 0 aliphatic carbocycles. The highest BCUT2D eigenvalue weighted by molar-refractivity contribution is 7.99. The lowest BCUT2D eigenvalue weighted by atomic mass is 10.2. The number of thioether (sulfide) groups is 1. The largest absolute Gasteiger partial charge is 0.481 e. The lowest BCUT2D eigenvalue weighted by molar-refractivity contribution is -0.133. The summed E-state index contributed by atoms with van der Waals surface area (Å²) in [4.78, 5) is 14.6. The van der Waals surface area contributed by atoms with Crippen molar-refractivity contribution in [3.63, 3.8) is 0 Å². The van der Waals surface area contributed by atoms with E-state index in [0.717, 1.165) is 6.42 Å². The van der Waals surface area contributed by atoms with Crippen molar-refractivity contribution in [3.05, 3.63) is 12.4 Å². The molecular formula is C10H16N2O3S2. The standard InChI is InChI=1S/C10H16N2O3S2/c1-8(3-6-17(2)15)12-5-4-11-10(12)16-7-9(13)14/h4-5,8H,3,6-7H2,1-2H3,(H,13,14). The molecule has 0 bridgehead atoms. The number of hydrogen-bond acceptors (Lipinski definition) is 4. The second-order valence-corrected chi connectivity index (χ2v) is 6.21. The van der Waals surface area contributed by atoms with E-state index in [2.05, 4.69) is 4.98 Å². The first-order chi connectivity index (χ1) is 8.00. The van der Waals surface area contributed by atoms with Crippen molar-refractivity contribution in [1.82, 2.24) is 9.55 Å². The van der Waals surface area contributed by atoms with Crippen molar-refractivity contribution in [3.8, 4) is 0 Å². The molecule has 0 radical (unpaired) electrons. The molecule has 2 atom stereocenters. The molecule has 0 saturated carbocycles. The average Bonchev–Trinajstić information content (AvgIpc) is 2.71. The van der Waals surface area contributed by atoms with Crippen LogP contribution in [-0.2, 0) is 15.6 Å². The fourth-order valence-corrected chi connectivity index (χ4v) is 2.80. The summed E-state index contributed by atoms with van der Waals surface area (Å²) in [6.07, 6.45) is 5.96. The molecule has 0 spiro atoms. The highest BCUT2D eigenvalue weighted by Crippen LogP contribution is 2.21. The van der Waals surface area contributed by atoms with Gasteiger partial charge in [0.2, 0.25) is 0 Å². The number of aromatic nitrogens is 2. The van der Waals surface area contributed by atoms with E-state index in [1.165, 1.54) is 11.8 Å². The Labute approximate surface area is 107 Å². The highest BCUT2D eigenvalue weighted by atomic mass is 32.2. The van der Waals surface area contributed by atoms with Crippen LogP contribution in [0.1, 0.15) is 19.4 Å². The second kappa shape index (κ2) is 6.80. The van der Waals surface area contributed by atoms with E-state index < -0.39 is 16.8 Å². The molecule has 1 aromatic rings. The predicted octanol–water partition coefficient (Wildman–Crippen LogP) is 1.39. The van der Waals surface area contributed by atoms with E-state index in [1.54, 1.807) is 12.5 Å². The highest BCUT2D eigenvalue weighted by Gasteiger charge is 2.12. The maximum atomic E-state index is 11.0. The van der Waals surface area contributed by atoms with Gasteiger partial charge in [0.05, 0.1) is 5.75 Å². The summed E-state index contributed by atoms with van der Waals surface area (Å²) < 4.78 is 13.0. The van der Waals surface area contributed by atoms with Crippen LogP contribution in [0.5, 0.6) is 0 Å². The molecule has 0 fully saturated rings. The Balaban J connectivity index is 2.60. The first-order valence-corrected chi connectivity index (χ1v) is 7.89. The Morgan fingerprint density at radius 1 is 1.71 bits per heavy atom. The summed E-state index contributed by atoms with van der Waals surface area (Å²) in [5.74, 6) is -0.210. The van der Waals surface area contributed by atoms with Gasteiger partial charge in [-0.3, -0.25) is 9.00 Å². The van der Waals surface area contributed by atoms with Crippen LogP contribution in [0.15, 0.2) is 17.6 Å². The average molecular weight is 276 g/mol. The van der Waals surface area contributed by atoms with Gasteiger partial charge in [-0.2, -0.15) is 0 Å². The minimum absolute atomic E-state index is 0.00341. The Morgan fingerprint density at radius 2 is 2.41 bits per heavy atom.